The van der Waals surface area contributed by atoms with Gasteiger partial charge in [0, 0.05) is 37.2 Å². The van der Waals surface area contributed by atoms with Crippen LogP contribution in [0.1, 0.15) is 19.4 Å². The maximum atomic E-state index is 5.79. The molecule has 0 atom stereocenters. The predicted octanol–water partition coefficient (Wildman–Crippen LogP) is 2.69. The molecule has 1 heterocycles. The first-order valence-electron chi connectivity index (χ1n) is 7.56. The summed E-state index contributed by atoms with van der Waals surface area (Å²) in [6.07, 6.45) is 1.15. The number of rotatable bonds is 6. The minimum absolute atomic E-state index is 0.137. The smallest absolute Gasteiger partial charge is 0.162 e. The molecular weight excluding hydrogens is 332 g/mol. The zero-order valence-corrected chi connectivity index (χ0v) is 14.7. The molecule has 21 heavy (non-hydrogen) atoms. The highest BCUT2D eigenvalue weighted by atomic mass is 79.9. The minimum Gasteiger partial charge on any atom is -0.493 e. The van der Waals surface area contributed by atoms with E-state index in [0.717, 1.165) is 55.1 Å². The molecule has 0 unspecified atom stereocenters. The maximum absolute atomic E-state index is 5.79. The summed E-state index contributed by atoms with van der Waals surface area (Å²) in [5.74, 6) is 1.60. The Kier molecular flexibility index (Phi) is 6.33. The Morgan fingerprint density at radius 1 is 1.24 bits per heavy atom. The van der Waals surface area contributed by atoms with Crippen LogP contribution in [0.25, 0.3) is 0 Å². The van der Waals surface area contributed by atoms with Crippen LogP contribution in [0.3, 0.4) is 0 Å². The van der Waals surface area contributed by atoms with E-state index in [1.54, 1.807) is 7.11 Å². The fraction of sp³-hybridized carbons (Fsp3) is 0.625. The lowest BCUT2D eigenvalue weighted by molar-refractivity contribution is 0.229. The molecule has 0 saturated carbocycles. The Morgan fingerprint density at radius 2 is 1.95 bits per heavy atom. The number of hydrogen-bond donors (Lipinski definition) is 1. The van der Waals surface area contributed by atoms with Gasteiger partial charge in [-0.2, -0.15) is 0 Å². The third-order valence-corrected chi connectivity index (χ3v) is 4.34. The summed E-state index contributed by atoms with van der Waals surface area (Å²) < 4.78 is 12.3. The topological polar surface area (TPSA) is 33.7 Å². The molecule has 1 fully saturated rings. The molecule has 2 rings (SSSR count). The third-order valence-electron chi connectivity index (χ3n) is 3.60. The number of ether oxygens (including phenoxy) is 2. The SMILES string of the molecule is COc1cc(CCN2CCNCC2)c(Br)cc1OC(C)C. The van der Waals surface area contributed by atoms with E-state index < -0.39 is 0 Å². The quantitative estimate of drug-likeness (QED) is 0.849. The van der Waals surface area contributed by atoms with Gasteiger partial charge in [0.05, 0.1) is 13.2 Å². The van der Waals surface area contributed by atoms with E-state index in [9.17, 15) is 0 Å². The molecular formula is C16H25BrN2O2. The lowest BCUT2D eigenvalue weighted by Crippen LogP contribution is -2.44. The van der Waals surface area contributed by atoms with E-state index in [1.165, 1.54) is 5.56 Å². The lowest BCUT2D eigenvalue weighted by Gasteiger charge is -2.27. The standard InChI is InChI=1S/C16H25BrN2O2/c1-12(2)21-16-11-14(17)13(10-15(16)20-3)4-7-19-8-5-18-6-9-19/h10-12,18H,4-9H2,1-3H3. The average Bonchev–Trinajstić information content (AvgIpc) is 2.47. The molecule has 0 radical (unpaired) electrons. The van der Waals surface area contributed by atoms with E-state index in [0.29, 0.717) is 0 Å². The van der Waals surface area contributed by atoms with Crippen LogP contribution in [0.5, 0.6) is 11.5 Å². The van der Waals surface area contributed by atoms with Gasteiger partial charge in [0.1, 0.15) is 0 Å². The Labute approximate surface area is 135 Å². The number of nitrogens with zero attached hydrogens (tertiary/aromatic N) is 1. The van der Waals surface area contributed by atoms with Crippen molar-refractivity contribution in [1.29, 1.82) is 0 Å². The van der Waals surface area contributed by atoms with Gasteiger partial charge in [-0.3, -0.25) is 0 Å². The van der Waals surface area contributed by atoms with E-state index in [2.05, 4.69) is 32.2 Å². The second kappa shape index (κ2) is 8.01. The Morgan fingerprint density at radius 3 is 2.57 bits per heavy atom. The normalized spacial score (nSPS) is 16.2. The molecule has 0 aliphatic carbocycles. The monoisotopic (exact) mass is 356 g/mol. The molecule has 0 bridgehead atoms. The number of nitrogens with one attached hydrogen (secondary N) is 1. The van der Waals surface area contributed by atoms with Crippen LogP contribution in [-0.4, -0.2) is 50.8 Å². The van der Waals surface area contributed by atoms with Gasteiger partial charge < -0.3 is 19.7 Å². The molecule has 1 N–H and O–H groups in total. The van der Waals surface area contributed by atoms with E-state index in [1.807, 2.05) is 19.9 Å². The first-order valence-corrected chi connectivity index (χ1v) is 8.35. The van der Waals surface area contributed by atoms with Gasteiger partial charge in [-0.25, -0.2) is 0 Å². The van der Waals surface area contributed by atoms with Gasteiger partial charge in [-0.05, 0) is 38.0 Å². The third kappa shape index (κ3) is 4.87. The van der Waals surface area contributed by atoms with Crippen molar-refractivity contribution in [3.8, 4) is 11.5 Å². The predicted molar refractivity (Wildman–Crippen MR) is 89.5 cm³/mol. The number of hydrogen-bond acceptors (Lipinski definition) is 4. The molecule has 0 aromatic heterocycles. The summed E-state index contributed by atoms with van der Waals surface area (Å²) in [6, 6.07) is 4.11. The number of methoxy groups -OCH3 is 1. The molecule has 1 aromatic rings. The fourth-order valence-electron chi connectivity index (χ4n) is 2.49. The van der Waals surface area contributed by atoms with E-state index >= 15 is 0 Å². The molecule has 5 heteroatoms. The first kappa shape index (κ1) is 16.6. The fourth-order valence-corrected chi connectivity index (χ4v) is 3.01. The van der Waals surface area contributed by atoms with Crippen LogP contribution < -0.4 is 14.8 Å². The van der Waals surface area contributed by atoms with Crippen LogP contribution in [0.4, 0.5) is 0 Å². The van der Waals surface area contributed by atoms with Gasteiger partial charge in [-0.1, -0.05) is 15.9 Å². The lowest BCUT2D eigenvalue weighted by atomic mass is 10.1. The summed E-state index contributed by atoms with van der Waals surface area (Å²) in [5.41, 5.74) is 1.27. The number of piperazine rings is 1. The van der Waals surface area contributed by atoms with Crippen molar-refractivity contribution < 1.29 is 9.47 Å². The van der Waals surface area contributed by atoms with Crippen LogP contribution in [0.2, 0.25) is 0 Å². The second-order valence-corrected chi connectivity index (χ2v) is 6.46. The van der Waals surface area contributed by atoms with Crippen molar-refractivity contribution in [1.82, 2.24) is 10.2 Å². The highest BCUT2D eigenvalue weighted by Gasteiger charge is 2.14. The van der Waals surface area contributed by atoms with Crippen molar-refractivity contribution in [2.75, 3.05) is 39.8 Å². The van der Waals surface area contributed by atoms with Gasteiger partial charge >= 0.3 is 0 Å². The molecule has 4 nitrogen and oxygen atoms in total. The van der Waals surface area contributed by atoms with Gasteiger partial charge in [0.25, 0.3) is 0 Å². The second-order valence-electron chi connectivity index (χ2n) is 5.60. The zero-order valence-electron chi connectivity index (χ0n) is 13.1. The molecule has 0 amide bonds. The average molecular weight is 357 g/mol. The van der Waals surface area contributed by atoms with Crippen molar-refractivity contribution in [2.24, 2.45) is 0 Å². The van der Waals surface area contributed by atoms with Crippen molar-refractivity contribution in [3.63, 3.8) is 0 Å². The van der Waals surface area contributed by atoms with Crippen molar-refractivity contribution >= 4 is 15.9 Å². The van der Waals surface area contributed by atoms with Gasteiger partial charge in [-0.15, -0.1) is 0 Å². The summed E-state index contributed by atoms with van der Waals surface area (Å²) in [4.78, 5) is 2.49. The van der Waals surface area contributed by atoms with Gasteiger partial charge in [0.2, 0.25) is 0 Å². The molecule has 118 valence electrons. The minimum atomic E-state index is 0.137. The summed E-state index contributed by atoms with van der Waals surface area (Å²) in [7, 11) is 1.69. The molecule has 0 spiro atoms. The highest BCUT2D eigenvalue weighted by molar-refractivity contribution is 9.10. The Balaban J connectivity index is 2.04. The van der Waals surface area contributed by atoms with Crippen LogP contribution in [-0.2, 0) is 6.42 Å². The molecule has 1 aliphatic rings. The van der Waals surface area contributed by atoms with Crippen molar-refractivity contribution in [3.05, 3.63) is 22.2 Å². The Bertz CT molecular complexity index is 460. The zero-order chi connectivity index (χ0) is 15.2. The highest BCUT2D eigenvalue weighted by Crippen LogP contribution is 2.34. The molecule has 1 aliphatic heterocycles. The van der Waals surface area contributed by atoms with Crippen LogP contribution >= 0.6 is 15.9 Å². The molecule has 1 aromatic carbocycles. The Hall–Kier alpha value is -0.780. The number of halogens is 1. The van der Waals surface area contributed by atoms with E-state index in [4.69, 9.17) is 9.47 Å². The van der Waals surface area contributed by atoms with Crippen LogP contribution in [0.15, 0.2) is 16.6 Å². The summed E-state index contributed by atoms with van der Waals surface area (Å²) in [5, 5.41) is 3.38. The summed E-state index contributed by atoms with van der Waals surface area (Å²) >= 11 is 3.66. The first-order chi connectivity index (χ1) is 10.1. The largest absolute Gasteiger partial charge is 0.493 e. The maximum Gasteiger partial charge on any atom is 0.162 e. The van der Waals surface area contributed by atoms with Crippen LogP contribution in [0, 0.1) is 0 Å². The van der Waals surface area contributed by atoms with Crippen molar-refractivity contribution in [2.45, 2.75) is 26.4 Å². The molecule has 1 saturated heterocycles. The van der Waals surface area contributed by atoms with E-state index in [-0.39, 0.29) is 6.10 Å². The van der Waals surface area contributed by atoms with Gasteiger partial charge in [0.15, 0.2) is 11.5 Å². The summed E-state index contributed by atoms with van der Waals surface area (Å²) in [6.45, 7) is 9.55. The number of benzene rings is 1.